The van der Waals surface area contributed by atoms with E-state index in [1.165, 1.54) is 18.2 Å². The summed E-state index contributed by atoms with van der Waals surface area (Å²) < 4.78 is 38.4. The fraction of sp³-hybridized carbons (Fsp3) is 0.385. The van der Waals surface area contributed by atoms with Crippen molar-refractivity contribution in [2.75, 3.05) is 0 Å². The highest BCUT2D eigenvalue weighted by molar-refractivity contribution is 6.01. The third-order valence-corrected chi connectivity index (χ3v) is 2.97. The maximum absolute atomic E-state index is 12.8. The molecule has 0 aliphatic rings. The van der Waals surface area contributed by atoms with Crippen LogP contribution in [-0.4, -0.2) is 17.0 Å². The molecule has 1 amide bonds. The Bertz CT molecular complexity index is 530. The summed E-state index contributed by atoms with van der Waals surface area (Å²) in [6, 6.07) is 4.97. The number of benzene rings is 1. The van der Waals surface area contributed by atoms with Crippen LogP contribution in [0, 0.1) is 5.92 Å². The van der Waals surface area contributed by atoms with E-state index in [-0.39, 0.29) is 24.4 Å². The second-order valence-corrected chi connectivity index (χ2v) is 4.36. The lowest BCUT2D eigenvalue weighted by molar-refractivity contribution is -0.138. The average Bonchev–Trinajstić information content (AvgIpc) is 2.44. The van der Waals surface area contributed by atoms with Gasteiger partial charge in [-0.1, -0.05) is 30.3 Å². The highest BCUT2D eigenvalue weighted by Crippen LogP contribution is 2.31. The number of nitrogens with two attached hydrogens (primary N) is 1. The van der Waals surface area contributed by atoms with E-state index in [0.717, 1.165) is 6.07 Å². The van der Waals surface area contributed by atoms with Crippen LogP contribution in [0.25, 0.3) is 0 Å². The molecule has 1 atom stereocenters. The third-order valence-electron chi connectivity index (χ3n) is 2.97. The van der Waals surface area contributed by atoms with Gasteiger partial charge in [0.15, 0.2) is 5.84 Å². The van der Waals surface area contributed by atoms with Crippen LogP contribution in [0.4, 0.5) is 13.2 Å². The molecule has 0 aliphatic carbocycles. The molecule has 0 aromatic heterocycles. The summed E-state index contributed by atoms with van der Waals surface area (Å²) in [5.74, 6) is -1.75. The number of hydrogen-bond donors (Lipinski definition) is 3. The maximum Gasteiger partial charge on any atom is 0.416 e. The molecule has 1 aromatic carbocycles. The Morgan fingerprint density at radius 1 is 1.43 bits per heavy atom. The zero-order valence-corrected chi connectivity index (χ0v) is 11.3. The van der Waals surface area contributed by atoms with Gasteiger partial charge in [-0.2, -0.15) is 13.2 Å². The molecule has 0 heterocycles. The van der Waals surface area contributed by atoms with E-state index in [0.29, 0.717) is 0 Å². The molecule has 1 rings (SSSR count). The molecule has 0 radical (unpaired) electrons. The van der Waals surface area contributed by atoms with Crippen LogP contribution < -0.4 is 11.1 Å². The number of halogens is 3. The van der Waals surface area contributed by atoms with Gasteiger partial charge in [-0.25, -0.2) is 0 Å². The number of oxime groups is 1. The molecular formula is C13H16F3N3O2. The van der Waals surface area contributed by atoms with Gasteiger partial charge in [-0.05, 0) is 18.1 Å². The van der Waals surface area contributed by atoms with E-state index in [1.807, 2.05) is 0 Å². The van der Waals surface area contributed by atoms with Gasteiger partial charge >= 0.3 is 6.18 Å². The van der Waals surface area contributed by atoms with Crippen LogP contribution in [0.1, 0.15) is 24.5 Å². The fourth-order valence-corrected chi connectivity index (χ4v) is 1.86. The average molecular weight is 303 g/mol. The molecule has 0 saturated carbocycles. The maximum atomic E-state index is 12.8. The van der Waals surface area contributed by atoms with Crippen molar-refractivity contribution in [2.45, 2.75) is 26.1 Å². The van der Waals surface area contributed by atoms with Gasteiger partial charge in [-0.3, -0.25) is 4.79 Å². The van der Waals surface area contributed by atoms with Crippen LogP contribution in [-0.2, 0) is 17.5 Å². The number of hydrogen-bond acceptors (Lipinski definition) is 3. The number of amides is 1. The van der Waals surface area contributed by atoms with Crippen LogP contribution in [0.5, 0.6) is 0 Å². The van der Waals surface area contributed by atoms with Gasteiger partial charge in [0.05, 0.1) is 11.5 Å². The van der Waals surface area contributed by atoms with Gasteiger partial charge in [0.25, 0.3) is 0 Å². The van der Waals surface area contributed by atoms with Crippen molar-refractivity contribution in [3.8, 4) is 0 Å². The molecular weight excluding hydrogens is 287 g/mol. The Morgan fingerprint density at radius 3 is 2.57 bits per heavy atom. The Balaban J connectivity index is 2.83. The number of rotatable bonds is 5. The highest BCUT2D eigenvalue weighted by atomic mass is 19.4. The summed E-state index contributed by atoms with van der Waals surface area (Å²) in [7, 11) is 0. The predicted molar refractivity (Wildman–Crippen MR) is 70.5 cm³/mol. The summed E-state index contributed by atoms with van der Waals surface area (Å²) in [6.07, 6.45) is -4.22. The van der Waals surface area contributed by atoms with E-state index in [9.17, 15) is 18.0 Å². The van der Waals surface area contributed by atoms with Crippen molar-refractivity contribution in [3.63, 3.8) is 0 Å². The zero-order chi connectivity index (χ0) is 16.0. The zero-order valence-electron chi connectivity index (χ0n) is 11.3. The van der Waals surface area contributed by atoms with Gasteiger partial charge < -0.3 is 16.3 Å². The van der Waals surface area contributed by atoms with E-state index in [2.05, 4.69) is 10.5 Å². The summed E-state index contributed by atoms with van der Waals surface area (Å²) >= 11 is 0. The minimum atomic E-state index is -4.49. The number of nitrogens with one attached hydrogen (secondary N) is 1. The predicted octanol–water partition coefficient (Wildman–Crippen LogP) is 2.09. The van der Waals surface area contributed by atoms with Gasteiger partial charge in [0.2, 0.25) is 5.91 Å². The molecule has 8 heteroatoms. The van der Waals surface area contributed by atoms with E-state index in [4.69, 9.17) is 10.9 Å². The summed E-state index contributed by atoms with van der Waals surface area (Å²) in [5, 5.41) is 13.7. The number of amidine groups is 1. The van der Waals surface area contributed by atoms with Crippen LogP contribution in [0.15, 0.2) is 29.4 Å². The van der Waals surface area contributed by atoms with Crippen molar-refractivity contribution in [3.05, 3.63) is 35.4 Å². The van der Waals surface area contributed by atoms with Crippen molar-refractivity contribution in [2.24, 2.45) is 16.8 Å². The van der Waals surface area contributed by atoms with Crippen LogP contribution >= 0.6 is 0 Å². The molecule has 0 aliphatic heterocycles. The Hall–Kier alpha value is -2.25. The first-order chi connectivity index (χ1) is 9.81. The number of carbonyl (C=O) groups is 1. The minimum Gasteiger partial charge on any atom is -0.409 e. The molecule has 4 N–H and O–H groups in total. The second kappa shape index (κ2) is 6.96. The first kappa shape index (κ1) is 16.8. The standard InChI is InChI=1S/C13H16F3N3O2/c1-2-9(11(17)19-21)12(20)18-7-8-5-3-4-6-10(8)13(14,15)16/h3-6,9,21H,2,7H2,1H3,(H2,17,19)(H,18,20). The second-order valence-electron chi connectivity index (χ2n) is 4.36. The largest absolute Gasteiger partial charge is 0.416 e. The van der Waals surface area contributed by atoms with E-state index >= 15 is 0 Å². The van der Waals surface area contributed by atoms with Crippen molar-refractivity contribution in [1.82, 2.24) is 5.32 Å². The summed E-state index contributed by atoms with van der Waals surface area (Å²) in [4.78, 5) is 11.8. The number of nitrogens with zero attached hydrogens (tertiary/aromatic N) is 1. The Labute approximate surface area is 119 Å². The molecule has 1 unspecified atom stereocenters. The highest BCUT2D eigenvalue weighted by Gasteiger charge is 2.33. The SMILES string of the molecule is CCC(C(=O)NCc1ccccc1C(F)(F)F)C(N)=NO. The monoisotopic (exact) mass is 303 g/mol. The Kier molecular flexibility index (Phi) is 5.57. The molecule has 0 spiro atoms. The lowest BCUT2D eigenvalue weighted by Crippen LogP contribution is -2.38. The van der Waals surface area contributed by atoms with E-state index in [1.54, 1.807) is 6.92 Å². The normalized spacial score (nSPS) is 13.8. The molecule has 1 aromatic rings. The van der Waals surface area contributed by atoms with Gasteiger partial charge in [0.1, 0.15) is 0 Å². The van der Waals surface area contributed by atoms with Crippen molar-refractivity contribution in [1.29, 1.82) is 0 Å². The smallest absolute Gasteiger partial charge is 0.409 e. The lowest BCUT2D eigenvalue weighted by Gasteiger charge is -2.16. The first-order valence-corrected chi connectivity index (χ1v) is 6.21. The quantitative estimate of drug-likeness (QED) is 0.337. The van der Waals surface area contributed by atoms with Crippen LogP contribution in [0.2, 0.25) is 0 Å². The molecule has 116 valence electrons. The fourth-order valence-electron chi connectivity index (χ4n) is 1.86. The van der Waals surface area contributed by atoms with Crippen molar-refractivity contribution >= 4 is 11.7 Å². The molecule has 0 saturated heterocycles. The lowest BCUT2D eigenvalue weighted by atomic mass is 10.0. The number of carbonyl (C=O) groups excluding carboxylic acids is 1. The number of alkyl halides is 3. The molecule has 21 heavy (non-hydrogen) atoms. The van der Waals surface area contributed by atoms with Crippen molar-refractivity contribution < 1.29 is 23.2 Å². The molecule has 0 bridgehead atoms. The van der Waals surface area contributed by atoms with Gasteiger partial charge in [0, 0.05) is 6.54 Å². The third kappa shape index (κ3) is 4.37. The summed E-state index contributed by atoms with van der Waals surface area (Å²) in [6.45, 7) is 1.36. The first-order valence-electron chi connectivity index (χ1n) is 6.21. The molecule has 0 fully saturated rings. The summed E-state index contributed by atoms with van der Waals surface area (Å²) in [5.41, 5.74) is 4.50. The van der Waals surface area contributed by atoms with Gasteiger partial charge in [-0.15, -0.1) is 0 Å². The topological polar surface area (TPSA) is 87.7 Å². The van der Waals surface area contributed by atoms with E-state index < -0.39 is 23.6 Å². The Morgan fingerprint density at radius 2 is 2.05 bits per heavy atom. The van der Waals surface area contributed by atoms with Crippen LogP contribution in [0.3, 0.4) is 0 Å². The molecule has 5 nitrogen and oxygen atoms in total. The minimum absolute atomic E-state index is 0.0484.